The molecule has 6 heteroatoms. The van der Waals surface area contributed by atoms with Gasteiger partial charge in [-0.1, -0.05) is 24.3 Å². The molecule has 1 N–H and O–H groups in total. The highest BCUT2D eigenvalue weighted by Gasteiger charge is 2.30. The SMILES string of the molecule is COc1ccccc1CC(=O)N1CCC([C@H](NC(C)=O)c2ccccn2)CC1. The first-order chi connectivity index (χ1) is 13.6. The molecule has 0 aliphatic carbocycles. The fraction of sp³-hybridized carbons (Fsp3) is 0.409. The average molecular weight is 381 g/mol. The second-order valence-corrected chi connectivity index (χ2v) is 7.14. The average Bonchev–Trinajstić information content (AvgIpc) is 2.73. The monoisotopic (exact) mass is 381 g/mol. The van der Waals surface area contributed by atoms with Gasteiger partial charge in [0.1, 0.15) is 5.75 Å². The van der Waals surface area contributed by atoms with Crippen molar-refractivity contribution in [2.45, 2.75) is 32.2 Å². The number of piperidine rings is 1. The molecule has 0 saturated carbocycles. The molecule has 6 nitrogen and oxygen atoms in total. The molecule has 1 fully saturated rings. The van der Waals surface area contributed by atoms with Crippen LogP contribution in [0, 0.1) is 5.92 Å². The molecule has 3 rings (SSSR count). The third-order valence-corrected chi connectivity index (χ3v) is 5.26. The molecule has 1 aliphatic heterocycles. The molecule has 148 valence electrons. The van der Waals surface area contributed by atoms with Gasteiger partial charge in [-0.05, 0) is 37.0 Å². The van der Waals surface area contributed by atoms with Crippen LogP contribution in [-0.4, -0.2) is 41.9 Å². The Morgan fingerprint density at radius 2 is 1.89 bits per heavy atom. The van der Waals surface area contributed by atoms with Gasteiger partial charge < -0.3 is 15.0 Å². The van der Waals surface area contributed by atoms with Gasteiger partial charge in [-0.3, -0.25) is 14.6 Å². The maximum absolute atomic E-state index is 12.7. The Morgan fingerprint density at radius 3 is 2.54 bits per heavy atom. The molecule has 1 aromatic heterocycles. The number of amides is 2. The Balaban J connectivity index is 1.62. The van der Waals surface area contributed by atoms with E-state index in [9.17, 15) is 9.59 Å². The first kappa shape index (κ1) is 19.9. The lowest BCUT2D eigenvalue weighted by Gasteiger charge is -2.36. The number of hydrogen-bond acceptors (Lipinski definition) is 4. The summed E-state index contributed by atoms with van der Waals surface area (Å²) in [6, 6.07) is 13.2. The summed E-state index contributed by atoms with van der Waals surface area (Å²) < 4.78 is 5.35. The number of para-hydroxylation sites is 1. The van der Waals surface area contributed by atoms with E-state index < -0.39 is 0 Å². The summed E-state index contributed by atoms with van der Waals surface area (Å²) in [4.78, 5) is 30.8. The van der Waals surface area contributed by atoms with Gasteiger partial charge in [0.2, 0.25) is 11.8 Å². The molecule has 0 radical (unpaired) electrons. The molecule has 1 atom stereocenters. The summed E-state index contributed by atoms with van der Waals surface area (Å²) in [5.74, 6) is 1.04. The number of carbonyl (C=O) groups excluding carboxylic acids is 2. The molecule has 2 amide bonds. The summed E-state index contributed by atoms with van der Waals surface area (Å²) >= 11 is 0. The zero-order valence-electron chi connectivity index (χ0n) is 16.4. The van der Waals surface area contributed by atoms with Gasteiger partial charge >= 0.3 is 0 Å². The van der Waals surface area contributed by atoms with Gasteiger partial charge in [0.25, 0.3) is 0 Å². The highest BCUT2D eigenvalue weighted by Crippen LogP contribution is 2.30. The Bertz CT molecular complexity index is 802. The predicted molar refractivity (Wildman–Crippen MR) is 107 cm³/mol. The summed E-state index contributed by atoms with van der Waals surface area (Å²) in [6.45, 7) is 2.89. The van der Waals surface area contributed by atoms with E-state index in [1.807, 2.05) is 47.4 Å². The first-order valence-corrected chi connectivity index (χ1v) is 9.66. The minimum atomic E-state index is -0.120. The van der Waals surface area contributed by atoms with Crippen LogP contribution in [0.3, 0.4) is 0 Å². The van der Waals surface area contributed by atoms with Gasteiger partial charge in [0, 0.05) is 31.8 Å². The number of methoxy groups -OCH3 is 1. The minimum Gasteiger partial charge on any atom is -0.496 e. The topological polar surface area (TPSA) is 71.5 Å². The molecule has 0 bridgehead atoms. The van der Waals surface area contributed by atoms with Crippen molar-refractivity contribution < 1.29 is 14.3 Å². The normalized spacial score (nSPS) is 15.7. The van der Waals surface area contributed by atoms with Gasteiger partial charge in [0.05, 0.1) is 25.3 Å². The van der Waals surface area contributed by atoms with Crippen molar-refractivity contribution in [3.05, 3.63) is 59.9 Å². The molecule has 2 aromatic rings. The molecule has 2 heterocycles. The van der Waals surface area contributed by atoms with E-state index >= 15 is 0 Å². The van der Waals surface area contributed by atoms with E-state index in [4.69, 9.17) is 4.74 Å². The summed E-state index contributed by atoms with van der Waals surface area (Å²) in [5, 5.41) is 3.04. The molecule has 1 aromatic carbocycles. The van der Waals surface area contributed by atoms with Gasteiger partial charge in [-0.15, -0.1) is 0 Å². The number of nitrogens with one attached hydrogen (secondary N) is 1. The fourth-order valence-electron chi connectivity index (χ4n) is 3.82. The van der Waals surface area contributed by atoms with E-state index in [1.54, 1.807) is 13.3 Å². The summed E-state index contributed by atoms with van der Waals surface area (Å²) in [5.41, 5.74) is 1.78. The lowest BCUT2D eigenvalue weighted by Crippen LogP contribution is -2.43. The van der Waals surface area contributed by atoms with E-state index in [0.29, 0.717) is 19.5 Å². The van der Waals surface area contributed by atoms with Gasteiger partial charge in [-0.2, -0.15) is 0 Å². The van der Waals surface area contributed by atoms with Crippen LogP contribution in [0.25, 0.3) is 0 Å². The van der Waals surface area contributed by atoms with Crippen molar-refractivity contribution in [1.29, 1.82) is 0 Å². The lowest BCUT2D eigenvalue weighted by molar-refractivity contribution is -0.132. The third-order valence-electron chi connectivity index (χ3n) is 5.26. The number of benzene rings is 1. The van der Waals surface area contributed by atoms with E-state index in [2.05, 4.69) is 10.3 Å². The van der Waals surface area contributed by atoms with Crippen LogP contribution in [0.15, 0.2) is 48.7 Å². The number of aromatic nitrogens is 1. The number of rotatable bonds is 6. The second kappa shape index (κ2) is 9.35. The highest BCUT2D eigenvalue weighted by molar-refractivity contribution is 5.79. The zero-order chi connectivity index (χ0) is 19.9. The van der Waals surface area contributed by atoms with Crippen LogP contribution in [0.1, 0.15) is 37.1 Å². The van der Waals surface area contributed by atoms with Gasteiger partial charge in [0.15, 0.2) is 0 Å². The lowest BCUT2D eigenvalue weighted by atomic mass is 9.87. The molecular formula is C22H27N3O3. The predicted octanol–water partition coefficient (Wildman–Crippen LogP) is 2.75. The van der Waals surface area contributed by atoms with Crippen molar-refractivity contribution in [3.8, 4) is 5.75 Å². The highest BCUT2D eigenvalue weighted by atomic mass is 16.5. The maximum Gasteiger partial charge on any atom is 0.227 e. The maximum atomic E-state index is 12.7. The molecular weight excluding hydrogens is 354 g/mol. The molecule has 0 spiro atoms. The number of carbonyl (C=O) groups is 2. The largest absolute Gasteiger partial charge is 0.496 e. The Labute approximate surface area is 165 Å². The second-order valence-electron chi connectivity index (χ2n) is 7.14. The fourth-order valence-corrected chi connectivity index (χ4v) is 3.82. The van der Waals surface area contributed by atoms with Gasteiger partial charge in [-0.25, -0.2) is 0 Å². The van der Waals surface area contributed by atoms with Crippen molar-refractivity contribution in [3.63, 3.8) is 0 Å². The summed E-state index contributed by atoms with van der Waals surface area (Å²) in [6.07, 6.45) is 3.75. The van der Waals surface area contributed by atoms with Crippen molar-refractivity contribution >= 4 is 11.8 Å². The van der Waals surface area contributed by atoms with Crippen molar-refractivity contribution in [2.24, 2.45) is 5.92 Å². The Kier molecular flexibility index (Phi) is 6.63. The number of hydrogen-bond donors (Lipinski definition) is 1. The van der Waals surface area contributed by atoms with Crippen LogP contribution in [0.4, 0.5) is 0 Å². The Morgan fingerprint density at radius 1 is 1.18 bits per heavy atom. The minimum absolute atomic E-state index is 0.0645. The van der Waals surface area contributed by atoms with E-state index in [1.165, 1.54) is 6.92 Å². The first-order valence-electron chi connectivity index (χ1n) is 9.66. The number of ether oxygens (including phenoxy) is 1. The molecule has 0 unspecified atom stereocenters. The summed E-state index contributed by atoms with van der Waals surface area (Å²) in [7, 11) is 1.62. The molecule has 1 saturated heterocycles. The number of pyridine rings is 1. The van der Waals surface area contributed by atoms with Crippen molar-refractivity contribution in [1.82, 2.24) is 15.2 Å². The molecule has 1 aliphatic rings. The van der Waals surface area contributed by atoms with Crippen molar-refractivity contribution in [2.75, 3.05) is 20.2 Å². The third kappa shape index (κ3) is 4.88. The quantitative estimate of drug-likeness (QED) is 0.835. The van der Waals surface area contributed by atoms with Crippen LogP contribution < -0.4 is 10.1 Å². The standard InChI is InChI=1S/C22H27N3O3/c1-16(26)24-22(19-8-5-6-12-23-19)17-10-13-25(14-11-17)21(27)15-18-7-3-4-9-20(18)28-2/h3-9,12,17,22H,10-11,13-15H2,1-2H3,(H,24,26)/t22-/m0/s1. The Hall–Kier alpha value is -2.89. The zero-order valence-corrected chi connectivity index (χ0v) is 16.4. The van der Waals surface area contributed by atoms with E-state index in [-0.39, 0.29) is 23.8 Å². The number of likely N-dealkylation sites (tertiary alicyclic amines) is 1. The van der Waals surface area contributed by atoms with Crippen LogP contribution >= 0.6 is 0 Å². The number of nitrogens with zero attached hydrogens (tertiary/aromatic N) is 2. The van der Waals surface area contributed by atoms with Crippen LogP contribution in [-0.2, 0) is 16.0 Å². The smallest absolute Gasteiger partial charge is 0.227 e. The molecule has 28 heavy (non-hydrogen) atoms. The van der Waals surface area contributed by atoms with Crippen LogP contribution in [0.2, 0.25) is 0 Å². The van der Waals surface area contributed by atoms with Crippen LogP contribution in [0.5, 0.6) is 5.75 Å². The van der Waals surface area contributed by atoms with E-state index in [0.717, 1.165) is 29.8 Å².